The van der Waals surface area contributed by atoms with Crippen LogP contribution in [-0.2, 0) is 9.59 Å². The van der Waals surface area contributed by atoms with E-state index >= 15 is 0 Å². The molecule has 0 radical (unpaired) electrons. The van der Waals surface area contributed by atoms with Gasteiger partial charge >= 0.3 is 0 Å². The van der Waals surface area contributed by atoms with Gasteiger partial charge in [0.1, 0.15) is 11.3 Å². The molecule has 1 N–H and O–H groups in total. The molecule has 5 heteroatoms. The van der Waals surface area contributed by atoms with Crippen LogP contribution in [0.25, 0.3) is 0 Å². The second kappa shape index (κ2) is 5.40. The van der Waals surface area contributed by atoms with E-state index in [1.165, 1.54) is 11.5 Å². The number of aldehydes is 1. The maximum absolute atomic E-state index is 12.1. The number of nitrogens with one attached hydrogen (secondary N) is 1. The van der Waals surface area contributed by atoms with Crippen LogP contribution in [-0.4, -0.2) is 16.6 Å². The van der Waals surface area contributed by atoms with Crippen LogP contribution in [0.4, 0.5) is 5.00 Å². The fourth-order valence-electron chi connectivity index (χ4n) is 2.28. The molecule has 0 aliphatic heterocycles. The van der Waals surface area contributed by atoms with Crippen LogP contribution in [0.2, 0.25) is 0 Å². The first-order valence-electron chi connectivity index (χ1n) is 5.90. The minimum atomic E-state index is -0.163. The van der Waals surface area contributed by atoms with Crippen molar-refractivity contribution >= 4 is 28.7 Å². The molecule has 1 aliphatic carbocycles. The number of anilines is 1. The van der Waals surface area contributed by atoms with Gasteiger partial charge in [0, 0.05) is 11.8 Å². The molecule has 4 nitrogen and oxygen atoms in total. The molecule has 1 aliphatic rings. The molecule has 2 unspecified atom stereocenters. The zero-order chi connectivity index (χ0) is 12.3. The summed E-state index contributed by atoms with van der Waals surface area (Å²) in [7, 11) is 0. The average molecular weight is 252 g/mol. The van der Waals surface area contributed by atoms with E-state index in [0.717, 1.165) is 42.7 Å². The van der Waals surface area contributed by atoms with Gasteiger partial charge in [0.05, 0.1) is 5.69 Å². The lowest BCUT2D eigenvalue weighted by molar-refractivity contribution is -0.126. The number of carbonyl (C=O) groups excluding carboxylic acids is 2. The molecule has 1 amide bonds. The maximum Gasteiger partial charge on any atom is 0.228 e. The number of aromatic nitrogens is 1. The molecule has 1 heterocycles. The van der Waals surface area contributed by atoms with E-state index in [4.69, 9.17) is 0 Å². The summed E-state index contributed by atoms with van der Waals surface area (Å²) in [6.45, 7) is 1.89. The van der Waals surface area contributed by atoms with Gasteiger partial charge in [0.25, 0.3) is 0 Å². The summed E-state index contributed by atoms with van der Waals surface area (Å²) in [5.74, 6) is -0.313. The number of carbonyl (C=O) groups is 2. The van der Waals surface area contributed by atoms with E-state index < -0.39 is 0 Å². The Bertz CT molecular complexity index is 416. The zero-order valence-electron chi connectivity index (χ0n) is 9.81. The lowest BCUT2D eigenvalue weighted by Gasteiger charge is -2.26. The molecule has 1 aromatic heterocycles. The Hall–Kier alpha value is -1.23. The molecule has 1 aromatic rings. The minimum absolute atomic E-state index is 0.0366. The molecular weight excluding hydrogens is 236 g/mol. The minimum Gasteiger partial charge on any atom is -0.316 e. The highest BCUT2D eigenvalue weighted by Gasteiger charge is 2.30. The SMILES string of the molecule is Cc1cc(NC(=O)C2CCCCC2C=O)sn1. The van der Waals surface area contributed by atoms with Gasteiger partial charge in [-0.2, -0.15) is 4.37 Å². The summed E-state index contributed by atoms with van der Waals surface area (Å²) in [6.07, 6.45) is 4.66. The van der Waals surface area contributed by atoms with Gasteiger partial charge in [-0.15, -0.1) is 0 Å². The molecule has 2 rings (SSSR count). The second-order valence-corrected chi connectivity index (χ2v) is 5.32. The normalized spacial score (nSPS) is 24.3. The number of amides is 1. The highest BCUT2D eigenvalue weighted by atomic mass is 32.1. The Labute approximate surface area is 105 Å². The summed E-state index contributed by atoms with van der Waals surface area (Å²) >= 11 is 1.28. The molecule has 0 spiro atoms. The molecule has 0 aromatic carbocycles. The van der Waals surface area contributed by atoms with Crippen LogP contribution in [0.5, 0.6) is 0 Å². The first kappa shape index (κ1) is 12.2. The topological polar surface area (TPSA) is 59.1 Å². The van der Waals surface area contributed by atoms with E-state index in [2.05, 4.69) is 9.69 Å². The Morgan fingerprint density at radius 2 is 2.29 bits per heavy atom. The molecule has 92 valence electrons. The van der Waals surface area contributed by atoms with Crippen LogP contribution >= 0.6 is 11.5 Å². The van der Waals surface area contributed by atoms with Crippen molar-refractivity contribution in [3.63, 3.8) is 0 Å². The number of rotatable bonds is 3. The van der Waals surface area contributed by atoms with E-state index in [0.29, 0.717) is 0 Å². The Morgan fingerprint density at radius 3 is 2.94 bits per heavy atom. The molecular formula is C12H16N2O2S. The van der Waals surface area contributed by atoms with Crippen LogP contribution in [0, 0.1) is 18.8 Å². The maximum atomic E-state index is 12.1. The molecule has 17 heavy (non-hydrogen) atoms. The van der Waals surface area contributed by atoms with Crippen molar-refractivity contribution in [2.75, 3.05) is 5.32 Å². The summed E-state index contributed by atoms with van der Waals surface area (Å²) < 4.78 is 4.11. The number of hydrogen-bond donors (Lipinski definition) is 1. The Morgan fingerprint density at radius 1 is 1.53 bits per heavy atom. The van der Waals surface area contributed by atoms with Crippen molar-refractivity contribution in [3.05, 3.63) is 11.8 Å². The fourth-order valence-corrected chi connectivity index (χ4v) is 2.95. The standard InChI is InChI=1S/C12H16N2O2S/c1-8-6-11(17-14-8)13-12(16)10-5-3-2-4-9(10)7-15/h6-7,9-10H,2-5H2,1H3,(H,13,16). The predicted octanol–water partition coefficient (Wildman–Crippen LogP) is 2.40. The van der Waals surface area contributed by atoms with E-state index in [9.17, 15) is 9.59 Å². The van der Waals surface area contributed by atoms with Crippen LogP contribution in [0.3, 0.4) is 0 Å². The first-order chi connectivity index (χ1) is 8.20. The van der Waals surface area contributed by atoms with Gasteiger partial charge in [-0.1, -0.05) is 12.8 Å². The first-order valence-corrected chi connectivity index (χ1v) is 6.67. The summed E-state index contributed by atoms with van der Waals surface area (Å²) in [4.78, 5) is 23.0. The molecule has 0 bridgehead atoms. The molecule has 0 saturated heterocycles. The average Bonchev–Trinajstić information content (AvgIpc) is 2.74. The predicted molar refractivity (Wildman–Crippen MR) is 67.0 cm³/mol. The second-order valence-electron chi connectivity index (χ2n) is 4.51. The largest absolute Gasteiger partial charge is 0.316 e. The summed E-state index contributed by atoms with van der Waals surface area (Å²) in [6, 6.07) is 1.85. The third kappa shape index (κ3) is 2.91. The lowest BCUT2D eigenvalue weighted by Crippen LogP contribution is -2.32. The Kier molecular flexibility index (Phi) is 3.89. The monoisotopic (exact) mass is 252 g/mol. The summed E-state index contributed by atoms with van der Waals surface area (Å²) in [5, 5.41) is 3.62. The number of nitrogens with zero attached hydrogens (tertiary/aromatic N) is 1. The van der Waals surface area contributed by atoms with Crippen molar-refractivity contribution in [2.24, 2.45) is 11.8 Å². The number of hydrogen-bond acceptors (Lipinski definition) is 4. The number of aryl methyl sites for hydroxylation is 1. The van der Waals surface area contributed by atoms with Crippen LogP contribution in [0.1, 0.15) is 31.4 Å². The Balaban J connectivity index is 2.00. The van der Waals surface area contributed by atoms with Gasteiger partial charge in [-0.25, -0.2) is 0 Å². The lowest BCUT2D eigenvalue weighted by atomic mass is 9.79. The molecule has 1 fully saturated rings. The quantitative estimate of drug-likeness (QED) is 0.840. The van der Waals surface area contributed by atoms with E-state index in [1.807, 2.05) is 13.0 Å². The van der Waals surface area contributed by atoms with E-state index in [1.54, 1.807) is 0 Å². The van der Waals surface area contributed by atoms with E-state index in [-0.39, 0.29) is 17.7 Å². The molecule has 2 atom stereocenters. The van der Waals surface area contributed by atoms with Gasteiger partial charge in [0.2, 0.25) is 5.91 Å². The third-order valence-corrected chi connectivity index (χ3v) is 4.00. The van der Waals surface area contributed by atoms with Crippen LogP contribution in [0.15, 0.2) is 6.07 Å². The fraction of sp³-hybridized carbons (Fsp3) is 0.583. The highest BCUT2D eigenvalue weighted by molar-refractivity contribution is 7.10. The van der Waals surface area contributed by atoms with Gasteiger partial charge in [0.15, 0.2) is 0 Å². The zero-order valence-corrected chi connectivity index (χ0v) is 10.6. The molecule has 1 saturated carbocycles. The van der Waals surface area contributed by atoms with Crippen molar-refractivity contribution < 1.29 is 9.59 Å². The van der Waals surface area contributed by atoms with Crippen molar-refractivity contribution in [3.8, 4) is 0 Å². The highest BCUT2D eigenvalue weighted by Crippen LogP contribution is 2.30. The van der Waals surface area contributed by atoms with Gasteiger partial charge in [-0.05, 0) is 37.4 Å². The third-order valence-electron chi connectivity index (χ3n) is 3.21. The van der Waals surface area contributed by atoms with Gasteiger partial charge < -0.3 is 10.1 Å². The van der Waals surface area contributed by atoms with Crippen LogP contribution < -0.4 is 5.32 Å². The smallest absolute Gasteiger partial charge is 0.228 e. The van der Waals surface area contributed by atoms with Crippen molar-refractivity contribution in [2.45, 2.75) is 32.6 Å². The van der Waals surface area contributed by atoms with Crippen molar-refractivity contribution in [1.29, 1.82) is 0 Å². The van der Waals surface area contributed by atoms with Gasteiger partial charge in [-0.3, -0.25) is 4.79 Å². The van der Waals surface area contributed by atoms with Crippen molar-refractivity contribution in [1.82, 2.24) is 4.37 Å². The summed E-state index contributed by atoms with van der Waals surface area (Å²) in [5.41, 5.74) is 0.904.